The standard InChI is InChI=1S/C26H30N6O4S/c1-17-10-12-21(35-17)24(26(34)27-19-7-4-3-5-8-19)31(15-20-9-6-14-37-20)23(33)16-32-29-25(28-30-32)22-13-11-18(2)36-22/h6,9-14,19,24H,3-5,7-8,15-16H2,1-2H3,(H,27,34)/t24-/m1/s1. The average Bonchev–Trinajstić information content (AvgIpc) is 3.69. The first kappa shape index (κ1) is 24.9. The first-order valence-corrected chi connectivity index (χ1v) is 13.4. The van der Waals surface area contributed by atoms with E-state index < -0.39 is 6.04 Å². The second-order valence-corrected chi connectivity index (χ2v) is 10.4. The number of rotatable bonds is 9. The van der Waals surface area contributed by atoms with Crippen molar-refractivity contribution in [2.75, 3.05) is 0 Å². The minimum Gasteiger partial charge on any atom is -0.464 e. The number of thiophene rings is 1. The van der Waals surface area contributed by atoms with Crippen LogP contribution in [0, 0.1) is 13.8 Å². The molecule has 0 unspecified atom stereocenters. The lowest BCUT2D eigenvalue weighted by molar-refractivity contribution is -0.143. The molecule has 0 aliphatic heterocycles. The van der Waals surface area contributed by atoms with Crippen molar-refractivity contribution in [1.29, 1.82) is 0 Å². The smallest absolute Gasteiger partial charge is 0.250 e. The van der Waals surface area contributed by atoms with Gasteiger partial charge in [0.15, 0.2) is 11.8 Å². The van der Waals surface area contributed by atoms with Crippen molar-refractivity contribution in [2.45, 2.75) is 71.1 Å². The molecule has 1 atom stereocenters. The summed E-state index contributed by atoms with van der Waals surface area (Å²) < 4.78 is 11.5. The Bertz CT molecular complexity index is 1330. The van der Waals surface area contributed by atoms with Crippen molar-refractivity contribution in [2.24, 2.45) is 0 Å². The van der Waals surface area contributed by atoms with Crippen molar-refractivity contribution in [1.82, 2.24) is 30.4 Å². The molecule has 0 radical (unpaired) electrons. The van der Waals surface area contributed by atoms with Gasteiger partial charge in [-0.15, -0.1) is 21.5 Å². The Labute approximate surface area is 218 Å². The van der Waals surface area contributed by atoms with Gasteiger partial charge in [-0.1, -0.05) is 25.3 Å². The van der Waals surface area contributed by atoms with Gasteiger partial charge in [-0.3, -0.25) is 9.59 Å². The van der Waals surface area contributed by atoms with E-state index >= 15 is 0 Å². The third-order valence-electron chi connectivity index (χ3n) is 6.46. The monoisotopic (exact) mass is 522 g/mol. The highest BCUT2D eigenvalue weighted by Crippen LogP contribution is 2.28. The van der Waals surface area contributed by atoms with E-state index in [9.17, 15) is 9.59 Å². The number of hydrogen-bond acceptors (Lipinski definition) is 8. The summed E-state index contributed by atoms with van der Waals surface area (Å²) in [4.78, 5) is 31.2. The van der Waals surface area contributed by atoms with Crippen LogP contribution in [0.1, 0.15) is 60.3 Å². The van der Waals surface area contributed by atoms with E-state index in [-0.39, 0.29) is 30.9 Å². The molecule has 194 valence electrons. The SMILES string of the molecule is Cc1ccc(-c2nnn(CC(=O)N(Cc3cccs3)[C@@H](C(=O)NC3CCCCC3)c3ccc(C)o3)n2)o1. The van der Waals surface area contributed by atoms with Gasteiger partial charge < -0.3 is 19.1 Å². The summed E-state index contributed by atoms with van der Waals surface area (Å²) >= 11 is 1.52. The molecule has 10 nitrogen and oxygen atoms in total. The summed E-state index contributed by atoms with van der Waals surface area (Å²) in [6, 6.07) is 10.2. The zero-order valence-electron chi connectivity index (χ0n) is 20.9. The number of furan rings is 2. The first-order valence-electron chi connectivity index (χ1n) is 12.5. The first-order chi connectivity index (χ1) is 18.0. The highest BCUT2D eigenvalue weighted by molar-refractivity contribution is 7.09. The van der Waals surface area contributed by atoms with E-state index in [2.05, 4.69) is 20.7 Å². The average molecular weight is 523 g/mol. The van der Waals surface area contributed by atoms with Crippen molar-refractivity contribution in [3.63, 3.8) is 0 Å². The zero-order valence-corrected chi connectivity index (χ0v) is 21.7. The number of tetrazole rings is 1. The number of carbonyl (C=O) groups excluding carboxylic acids is 2. The van der Waals surface area contributed by atoms with Crippen molar-refractivity contribution < 1.29 is 18.4 Å². The molecule has 0 aromatic carbocycles. The second kappa shape index (κ2) is 11.1. The van der Waals surface area contributed by atoms with Crippen LogP contribution >= 0.6 is 11.3 Å². The molecule has 0 spiro atoms. The van der Waals surface area contributed by atoms with E-state index in [1.165, 1.54) is 22.6 Å². The minimum atomic E-state index is -0.930. The Hall–Kier alpha value is -3.73. The second-order valence-electron chi connectivity index (χ2n) is 9.35. The van der Waals surface area contributed by atoms with Gasteiger partial charge in [-0.25, -0.2) is 0 Å². The third kappa shape index (κ3) is 5.99. The predicted octanol–water partition coefficient (Wildman–Crippen LogP) is 4.42. The normalized spacial score (nSPS) is 15.0. The van der Waals surface area contributed by atoms with Crippen molar-refractivity contribution >= 4 is 23.2 Å². The molecule has 1 aliphatic rings. The van der Waals surface area contributed by atoms with Crippen molar-refractivity contribution in [3.05, 3.63) is 63.9 Å². The molecule has 1 fully saturated rings. The van der Waals surface area contributed by atoms with E-state index in [0.29, 0.717) is 23.1 Å². The topological polar surface area (TPSA) is 119 Å². The lowest BCUT2D eigenvalue weighted by Gasteiger charge is -2.31. The summed E-state index contributed by atoms with van der Waals surface area (Å²) in [7, 11) is 0. The Morgan fingerprint density at radius 2 is 1.89 bits per heavy atom. The summed E-state index contributed by atoms with van der Waals surface area (Å²) in [5, 5.41) is 17.5. The lowest BCUT2D eigenvalue weighted by Crippen LogP contribution is -2.47. The minimum absolute atomic E-state index is 0.0924. The molecule has 37 heavy (non-hydrogen) atoms. The van der Waals surface area contributed by atoms with Crippen molar-refractivity contribution in [3.8, 4) is 11.6 Å². The molecule has 11 heteroatoms. The quantitative estimate of drug-likeness (QED) is 0.345. The summed E-state index contributed by atoms with van der Waals surface area (Å²) in [5.41, 5.74) is 0. The molecule has 2 amide bonds. The highest BCUT2D eigenvalue weighted by atomic mass is 32.1. The van der Waals surface area contributed by atoms with Gasteiger partial charge in [-0.2, -0.15) is 4.80 Å². The van der Waals surface area contributed by atoms with E-state index in [1.54, 1.807) is 23.1 Å². The van der Waals surface area contributed by atoms with Crippen LogP contribution in [0.25, 0.3) is 11.6 Å². The van der Waals surface area contributed by atoms with E-state index in [1.807, 2.05) is 37.4 Å². The zero-order chi connectivity index (χ0) is 25.8. The molecule has 1 N–H and O–H groups in total. The third-order valence-corrected chi connectivity index (χ3v) is 7.32. The Balaban J connectivity index is 1.42. The highest BCUT2D eigenvalue weighted by Gasteiger charge is 2.35. The summed E-state index contributed by atoms with van der Waals surface area (Å²) in [6.07, 6.45) is 5.23. The number of amides is 2. The molecule has 4 aromatic rings. The molecule has 0 saturated heterocycles. The van der Waals surface area contributed by atoms with Crippen LogP contribution in [0.5, 0.6) is 0 Å². The molecule has 5 rings (SSSR count). The fourth-order valence-corrected chi connectivity index (χ4v) is 5.32. The molecule has 4 heterocycles. The van der Waals surface area contributed by atoms with Crippen LogP contribution in [0.2, 0.25) is 0 Å². The molecule has 4 aromatic heterocycles. The summed E-state index contributed by atoms with van der Waals surface area (Å²) in [5.74, 6) is 2.01. The van der Waals surface area contributed by atoms with Crippen LogP contribution < -0.4 is 5.32 Å². The predicted molar refractivity (Wildman–Crippen MR) is 136 cm³/mol. The van der Waals surface area contributed by atoms with Gasteiger partial charge >= 0.3 is 0 Å². The van der Waals surface area contributed by atoms with Gasteiger partial charge in [0.05, 0.1) is 6.54 Å². The maximum absolute atomic E-state index is 13.8. The van der Waals surface area contributed by atoms with Crippen LogP contribution in [0.4, 0.5) is 0 Å². The Kier molecular flexibility index (Phi) is 7.50. The molecular weight excluding hydrogens is 492 g/mol. The lowest BCUT2D eigenvalue weighted by atomic mass is 9.95. The largest absolute Gasteiger partial charge is 0.464 e. The van der Waals surface area contributed by atoms with Crippen LogP contribution in [-0.4, -0.2) is 43.0 Å². The number of nitrogens with one attached hydrogen (secondary N) is 1. The fourth-order valence-electron chi connectivity index (χ4n) is 4.62. The van der Waals surface area contributed by atoms with Gasteiger partial charge in [0.2, 0.25) is 11.7 Å². The van der Waals surface area contributed by atoms with E-state index in [4.69, 9.17) is 8.83 Å². The van der Waals surface area contributed by atoms with Crippen LogP contribution in [0.3, 0.4) is 0 Å². The maximum Gasteiger partial charge on any atom is 0.250 e. The molecular formula is C26H30N6O4S. The Morgan fingerprint density at radius 3 is 2.57 bits per heavy atom. The van der Waals surface area contributed by atoms with Crippen LogP contribution in [-0.2, 0) is 22.7 Å². The number of aryl methyl sites for hydroxylation is 2. The molecule has 0 bridgehead atoms. The number of carbonyl (C=O) groups is 2. The number of aromatic nitrogens is 4. The molecule has 1 aliphatic carbocycles. The fraction of sp³-hybridized carbons (Fsp3) is 0.423. The van der Waals surface area contributed by atoms with Gasteiger partial charge in [-0.05, 0) is 67.6 Å². The summed E-state index contributed by atoms with van der Waals surface area (Å²) in [6.45, 7) is 3.71. The van der Waals surface area contributed by atoms with Crippen LogP contribution in [0.15, 0.2) is 50.6 Å². The number of hydrogen-bond donors (Lipinski definition) is 1. The maximum atomic E-state index is 13.8. The van der Waals surface area contributed by atoms with Gasteiger partial charge in [0.25, 0.3) is 5.91 Å². The van der Waals surface area contributed by atoms with Gasteiger partial charge in [0.1, 0.15) is 23.8 Å². The van der Waals surface area contributed by atoms with E-state index in [0.717, 1.165) is 36.3 Å². The van der Waals surface area contributed by atoms with Gasteiger partial charge in [0, 0.05) is 10.9 Å². The Morgan fingerprint density at radius 1 is 1.11 bits per heavy atom. The number of nitrogens with zero attached hydrogens (tertiary/aromatic N) is 5. The molecule has 1 saturated carbocycles.